The number of benzene rings is 2. The Morgan fingerprint density at radius 1 is 1.06 bits per heavy atom. The summed E-state index contributed by atoms with van der Waals surface area (Å²) in [4.78, 5) is 40.8. The number of rotatable bonds is 8. The van der Waals surface area contributed by atoms with Crippen molar-refractivity contribution in [3.8, 4) is 11.1 Å². The van der Waals surface area contributed by atoms with E-state index in [2.05, 4.69) is 39.9 Å². The molecule has 3 N–H and O–H groups in total. The molecule has 1 aromatic heterocycles. The van der Waals surface area contributed by atoms with Gasteiger partial charge >= 0.3 is 12.1 Å². The summed E-state index contributed by atoms with van der Waals surface area (Å²) >= 11 is 1.05. The first-order valence-corrected chi connectivity index (χ1v) is 12.3. The monoisotopic (exact) mass is 491 g/mol. The van der Waals surface area contributed by atoms with E-state index in [-0.39, 0.29) is 36.4 Å². The molecule has 0 radical (unpaired) electrons. The third kappa shape index (κ3) is 4.51. The third-order valence-corrected chi connectivity index (χ3v) is 7.83. The van der Waals surface area contributed by atoms with Crippen LogP contribution in [0.1, 0.15) is 50.3 Å². The minimum Gasteiger partial charge on any atom is -0.477 e. The summed E-state index contributed by atoms with van der Waals surface area (Å²) in [5.74, 6) is -1.23. The summed E-state index contributed by atoms with van der Waals surface area (Å²) in [6, 6.07) is 16.3. The minimum atomic E-state index is -1.02. The summed E-state index contributed by atoms with van der Waals surface area (Å²) in [6.45, 7) is 2.19. The maximum atomic E-state index is 12.7. The third-order valence-electron chi connectivity index (χ3n) is 6.69. The van der Waals surface area contributed by atoms with Crippen LogP contribution < -0.4 is 10.6 Å². The predicted octanol–water partition coefficient (Wildman–Crippen LogP) is 4.08. The molecule has 0 saturated heterocycles. The SMILES string of the molecule is Cc1nc(CNC(=O)C2(CNC(=O)OCC3c4ccccc4-c4ccccc43)CC2)sc1C(=O)O. The van der Waals surface area contributed by atoms with Crippen LogP contribution in [0.3, 0.4) is 0 Å². The summed E-state index contributed by atoms with van der Waals surface area (Å²) < 4.78 is 5.56. The normalized spacial score (nSPS) is 15.1. The fourth-order valence-electron chi connectivity index (χ4n) is 4.60. The van der Waals surface area contributed by atoms with Crippen molar-refractivity contribution in [3.63, 3.8) is 0 Å². The summed E-state index contributed by atoms with van der Waals surface area (Å²) in [5.41, 5.74) is 4.39. The predicted molar refractivity (Wildman–Crippen MR) is 130 cm³/mol. The zero-order chi connectivity index (χ0) is 24.6. The first-order chi connectivity index (χ1) is 16.9. The van der Waals surface area contributed by atoms with Crippen LogP contribution in [0.5, 0.6) is 0 Å². The molecule has 2 amide bonds. The van der Waals surface area contributed by atoms with Crippen molar-refractivity contribution in [2.75, 3.05) is 13.2 Å². The molecule has 2 aliphatic rings. The first-order valence-electron chi connectivity index (χ1n) is 11.4. The quantitative estimate of drug-likeness (QED) is 0.437. The van der Waals surface area contributed by atoms with E-state index in [9.17, 15) is 14.4 Å². The highest BCUT2D eigenvalue weighted by Gasteiger charge is 2.50. The lowest BCUT2D eigenvalue weighted by atomic mass is 9.98. The molecule has 8 nitrogen and oxygen atoms in total. The van der Waals surface area contributed by atoms with E-state index in [0.717, 1.165) is 33.6 Å². The molecule has 0 bridgehead atoms. The van der Waals surface area contributed by atoms with Crippen molar-refractivity contribution in [2.45, 2.75) is 32.2 Å². The maximum absolute atomic E-state index is 12.7. The Bertz CT molecular complexity index is 1270. The van der Waals surface area contributed by atoms with E-state index in [1.54, 1.807) is 6.92 Å². The van der Waals surface area contributed by atoms with Gasteiger partial charge in [0, 0.05) is 12.5 Å². The molecule has 1 saturated carbocycles. The average Bonchev–Trinajstić information content (AvgIpc) is 3.46. The van der Waals surface area contributed by atoms with Gasteiger partial charge in [-0.25, -0.2) is 14.6 Å². The molecule has 3 aromatic rings. The number of carboxylic acid groups (broad SMARTS) is 1. The van der Waals surface area contributed by atoms with Crippen molar-refractivity contribution in [1.82, 2.24) is 15.6 Å². The molecule has 9 heteroatoms. The number of hydrogen-bond donors (Lipinski definition) is 3. The number of carboxylic acids is 1. The molecular weight excluding hydrogens is 466 g/mol. The van der Waals surface area contributed by atoms with Gasteiger partial charge in [0.25, 0.3) is 0 Å². The zero-order valence-electron chi connectivity index (χ0n) is 19.2. The Morgan fingerprint density at radius 2 is 1.69 bits per heavy atom. The molecule has 5 rings (SSSR count). The van der Waals surface area contributed by atoms with Gasteiger partial charge in [-0.05, 0) is 42.0 Å². The summed E-state index contributed by atoms with van der Waals surface area (Å²) in [6.07, 6.45) is 0.784. The van der Waals surface area contributed by atoms with Crippen LogP contribution in [0.15, 0.2) is 48.5 Å². The second kappa shape index (κ2) is 9.14. The van der Waals surface area contributed by atoms with Gasteiger partial charge in [-0.1, -0.05) is 48.5 Å². The molecular formula is C26H25N3O5S. The van der Waals surface area contributed by atoms with Crippen LogP contribution in [0, 0.1) is 12.3 Å². The Hall–Kier alpha value is -3.72. The van der Waals surface area contributed by atoms with E-state index in [1.807, 2.05) is 24.3 Å². The van der Waals surface area contributed by atoms with E-state index in [1.165, 1.54) is 0 Å². The highest BCUT2D eigenvalue weighted by Crippen LogP contribution is 2.46. The number of hydrogen-bond acceptors (Lipinski definition) is 6. The van der Waals surface area contributed by atoms with Crippen molar-refractivity contribution in [2.24, 2.45) is 5.41 Å². The molecule has 0 spiro atoms. The molecule has 0 aliphatic heterocycles. The van der Waals surface area contributed by atoms with Crippen molar-refractivity contribution < 1.29 is 24.2 Å². The van der Waals surface area contributed by atoms with Gasteiger partial charge < -0.3 is 20.5 Å². The fourth-order valence-corrected chi connectivity index (χ4v) is 5.44. The number of aromatic nitrogens is 1. The Morgan fingerprint density at radius 3 is 2.26 bits per heavy atom. The first kappa shape index (κ1) is 23.0. The van der Waals surface area contributed by atoms with Gasteiger partial charge in [0.15, 0.2) is 0 Å². The van der Waals surface area contributed by atoms with Crippen LogP contribution >= 0.6 is 11.3 Å². The van der Waals surface area contributed by atoms with E-state index in [0.29, 0.717) is 23.5 Å². The molecule has 1 heterocycles. The Labute approximate surface area is 206 Å². The number of fused-ring (bicyclic) bond motifs is 3. The number of aromatic carboxylic acids is 1. The maximum Gasteiger partial charge on any atom is 0.407 e. The molecule has 2 aromatic carbocycles. The Kier molecular flexibility index (Phi) is 6.02. The Balaban J connectivity index is 1.13. The number of nitrogens with zero attached hydrogens (tertiary/aromatic N) is 1. The van der Waals surface area contributed by atoms with Crippen molar-refractivity contribution in [1.29, 1.82) is 0 Å². The average molecular weight is 492 g/mol. The molecule has 1 fully saturated rings. The lowest BCUT2D eigenvalue weighted by molar-refractivity contribution is -0.126. The van der Waals surface area contributed by atoms with Gasteiger partial charge in [0.2, 0.25) is 5.91 Å². The fraction of sp³-hybridized carbons (Fsp3) is 0.308. The molecule has 35 heavy (non-hydrogen) atoms. The van der Waals surface area contributed by atoms with E-state index in [4.69, 9.17) is 9.84 Å². The number of amides is 2. The lowest BCUT2D eigenvalue weighted by Crippen LogP contribution is -2.40. The number of alkyl carbamates (subject to hydrolysis) is 1. The second-order valence-corrected chi connectivity index (χ2v) is 10.1. The topological polar surface area (TPSA) is 118 Å². The van der Waals surface area contributed by atoms with Crippen LogP contribution in [-0.4, -0.2) is 41.2 Å². The van der Waals surface area contributed by atoms with Crippen LogP contribution in [0.25, 0.3) is 11.1 Å². The highest BCUT2D eigenvalue weighted by molar-refractivity contribution is 7.13. The van der Waals surface area contributed by atoms with Gasteiger partial charge in [-0.3, -0.25) is 4.79 Å². The number of aryl methyl sites for hydroxylation is 1. The molecule has 0 unspecified atom stereocenters. The summed E-state index contributed by atoms with van der Waals surface area (Å²) in [7, 11) is 0. The van der Waals surface area contributed by atoms with Crippen LogP contribution in [0.4, 0.5) is 4.79 Å². The smallest absolute Gasteiger partial charge is 0.407 e. The number of carbonyl (C=O) groups excluding carboxylic acids is 2. The van der Waals surface area contributed by atoms with E-state index < -0.39 is 17.5 Å². The number of carbonyl (C=O) groups is 3. The molecule has 180 valence electrons. The second-order valence-electron chi connectivity index (χ2n) is 8.97. The minimum absolute atomic E-state index is 0.0243. The molecule has 2 aliphatic carbocycles. The van der Waals surface area contributed by atoms with Gasteiger partial charge in [0.05, 0.1) is 17.7 Å². The van der Waals surface area contributed by atoms with Gasteiger partial charge in [0.1, 0.15) is 16.5 Å². The number of thiazole rings is 1. The van der Waals surface area contributed by atoms with Crippen LogP contribution in [-0.2, 0) is 16.1 Å². The largest absolute Gasteiger partial charge is 0.477 e. The highest BCUT2D eigenvalue weighted by atomic mass is 32.1. The zero-order valence-corrected chi connectivity index (χ0v) is 20.0. The summed E-state index contributed by atoms with van der Waals surface area (Å²) in [5, 5.41) is 15.3. The molecule has 0 atom stereocenters. The number of nitrogens with one attached hydrogen (secondary N) is 2. The van der Waals surface area contributed by atoms with Crippen molar-refractivity contribution in [3.05, 3.63) is 75.2 Å². The van der Waals surface area contributed by atoms with Gasteiger partial charge in [-0.15, -0.1) is 11.3 Å². The van der Waals surface area contributed by atoms with Gasteiger partial charge in [-0.2, -0.15) is 0 Å². The standard InChI is InChI=1S/C26H25N3O5S/c1-15-22(23(30)31)35-21(29-15)12-27-24(32)26(10-11-26)14-28-25(33)34-13-20-18-8-4-2-6-16(18)17-7-3-5-9-19(17)20/h2-9,20H,10-14H2,1H3,(H,27,32)(H,28,33)(H,30,31). The van der Waals surface area contributed by atoms with Crippen LogP contribution in [0.2, 0.25) is 0 Å². The number of ether oxygens (including phenoxy) is 1. The van der Waals surface area contributed by atoms with E-state index >= 15 is 0 Å². The van der Waals surface area contributed by atoms with Crippen molar-refractivity contribution >= 4 is 29.3 Å². The lowest BCUT2D eigenvalue weighted by Gasteiger charge is -2.17.